The van der Waals surface area contributed by atoms with Crippen LogP contribution in [-0.2, 0) is 20.1 Å². The summed E-state index contributed by atoms with van der Waals surface area (Å²) in [6.45, 7) is 5.04. The van der Waals surface area contributed by atoms with Crippen LogP contribution in [0.2, 0.25) is 0 Å². The minimum atomic E-state index is -0.222. The second-order valence-electron chi connectivity index (χ2n) is 4.87. The topological polar surface area (TPSA) is 85.8 Å². The third-order valence-electron chi connectivity index (χ3n) is 3.25. The second kappa shape index (κ2) is 5.83. The molecule has 0 aliphatic carbocycles. The lowest BCUT2D eigenvalue weighted by Crippen LogP contribution is -2.24. The molecule has 2 rings (SSSR count). The zero-order valence-electron chi connectivity index (χ0n) is 12.0. The number of hydrogen-bond acceptors (Lipinski definition) is 4. The van der Waals surface area contributed by atoms with Crippen molar-refractivity contribution < 1.29 is 4.79 Å². The summed E-state index contributed by atoms with van der Waals surface area (Å²) >= 11 is 0. The number of benzene rings is 1. The summed E-state index contributed by atoms with van der Waals surface area (Å²) < 4.78 is 1.50. The maximum atomic E-state index is 11.9. The SMILES string of the molecule is Cc1cc(CN)cc(C)c1CNC(=O)c1cn(C)nn1. The van der Waals surface area contributed by atoms with Crippen LogP contribution < -0.4 is 11.1 Å². The highest BCUT2D eigenvalue weighted by Gasteiger charge is 2.11. The lowest BCUT2D eigenvalue weighted by molar-refractivity contribution is 0.0945. The zero-order valence-corrected chi connectivity index (χ0v) is 12.0. The van der Waals surface area contributed by atoms with Crippen LogP contribution in [0.25, 0.3) is 0 Å². The number of aryl methyl sites for hydroxylation is 3. The Labute approximate surface area is 118 Å². The molecule has 6 heteroatoms. The fourth-order valence-corrected chi connectivity index (χ4v) is 2.19. The van der Waals surface area contributed by atoms with E-state index in [0.29, 0.717) is 18.8 Å². The van der Waals surface area contributed by atoms with Crippen LogP contribution in [0, 0.1) is 13.8 Å². The van der Waals surface area contributed by atoms with Crippen LogP contribution in [0.4, 0.5) is 0 Å². The average molecular weight is 273 g/mol. The van der Waals surface area contributed by atoms with Gasteiger partial charge < -0.3 is 11.1 Å². The van der Waals surface area contributed by atoms with Crippen LogP contribution in [0.5, 0.6) is 0 Å². The van der Waals surface area contributed by atoms with Gasteiger partial charge in [0.25, 0.3) is 5.91 Å². The van der Waals surface area contributed by atoms with Crippen LogP contribution in [0.3, 0.4) is 0 Å². The first-order valence-corrected chi connectivity index (χ1v) is 6.45. The van der Waals surface area contributed by atoms with Crippen molar-refractivity contribution in [3.8, 4) is 0 Å². The molecule has 0 radical (unpaired) electrons. The quantitative estimate of drug-likeness (QED) is 0.863. The monoisotopic (exact) mass is 273 g/mol. The normalized spacial score (nSPS) is 10.6. The molecular weight excluding hydrogens is 254 g/mol. The molecule has 1 heterocycles. The van der Waals surface area contributed by atoms with Gasteiger partial charge in [-0.1, -0.05) is 17.3 Å². The minimum Gasteiger partial charge on any atom is -0.346 e. The predicted octanol–water partition coefficient (Wildman–Crippen LogP) is 0.821. The van der Waals surface area contributed by atoms with Crippen molar-refractivity contribution in [2.45, 2.75) is 26.9 Å². The van der Waals surface area contributed by atoms with Gasteiger partial charge in [-0.15, -0.1) is 5.10 Å². The highest BCUT2D eigenvalue weighted by atomic mass is 16.2. The Kier molecular flexibility index (Phi) is 4.14. The van der Waals surface area contributed by atoms with Gasteiger partial charge in [0, 0.05) is 20.1 Å². The Morgan fingerprint density at radius 1 is 1.35 bits per heavy atom. The average Bonchev–Trinajstić information content (AvgIpc) is 2.84. The number of carbonyl (C=O) groups excluding carboxylic acids is 1. The predicted molar refractivity (Wildman–Crippen MR) is 76.0 cm³/mol. The molecule has 0 bridgehead atoms. The van der Waals surface area contributed by atoms with Crippen molar-refractivity contribution in [3.63, 3.8) is 0 Å². The van der Waals surface area contributed by atoms with Gasteiger partial charge in [-0.05, 0) is 36.1 Å². The third-order valence-corrected chi connectivity index (χ3v) is 3.25. The van der Waals surface area contributed by atoms with Crippen molar-refractivity contribution in [1.82, 2.24) is 20.3 Å². The van der Waals surface area contributed by atoms with Gasteiger partial charge in [0.2, 0.25) is 0 Å². The molecule has 1 aromatic heterocycles. The molecule has 0 aliphatic rings. The fraction of sp³-hybridized carbons (Fsp3) is 0.357. The van der Waals surface area contributed by atoms with E-state index in [2.05, 4.69) is 27.8 Å². The number of nitrogens with one attached hydrogen (secondary N) is 1. The van der Waals surface area contributed by atoms with E-state index in [1.807, 2.05) is 13.8 Å². The fourth-order valence-electron chi connectivity index (χ4n) is 2.19. The summed E-state index contributed by atoms with van der Waals surface area (Å²) in [7, 11) is 1.73. The molecule has 2 aromatic rings. The Morgan fingerprint density at radius 3 is 2.50 bits per heavy atom. The van der Waals surface area contributed by atoms with E-state index >= 15 is 0 Å². The van der Waals surface area contributed by atoms with Gasteiger partial charge >= 0.3 is 0 Å². The summed E-state index contributed by atoms with van der Waals surface area (Å²) in [4.78, 5) is 11.9. The highest BCUT2D eigenvalue weighted by Crippen LogP contribution is 2.16. The summed E-state index contributed by atoms with van der Waals surface area (Å²) in [6.07, 6.45) is 1.59. The van der Waals surface area contributed by atoms with E-state index in [4.69, 9.17) is 5.73 Å². The van der Waals surface area contributed by atoms with E-state index in [1.54, 1.807) is 13.2 Å². The number of nitrogens with two attached hydrogens (primary N) is 1. The van der Waals surface area contributed by atoms with Crippen molar-refractivity contribution in [1.29, 1.82) is 0 Å². The number of carbonyl (C=O) groups is 1. The zero-order chi connectivity index (χ0) is 14.7. The lowest BCUT2D eigenvalue weighted by Gasteiger charge is -2.12. The minimum absolute atomic E-state index is 0.222. The van der Waals surface area contributed by atoms with Crippen LogP contribution in [0.15, 0.2) is 18.3 Å². The van der Waals surface area contributed by atoms with E-state index in [-0.39, 0.29) is 5.91 Å². The molecule has 0 saturated carbocycles. The number of aromatic nitrogens is 3. The number of hydrogen-bond donors (Lipinski definition) is 2. The summed E-state index contributed by atoms with van der Waals surface area (Å²) in [6, 6.07) is 4.10. The molecule has 20 heavy (non-hydrogen) atoms. The van der Waals surface area contributed by atoms with Crippen molar-refractivity contribution in [2.75, 3.05) is 0 Å². The molecule has 1 aromatic carbocycles. The third kappa shape index (κ3) is 3.03. The van der Waals surface area contributed by atoms with Gasteiger partial charge in [0.1, 0.15) is 0 Å². The maximum absolute atomic E-state index is 11.9. The van der Waals surface area contributed by atoms with Gasteiger partial charge in [-0.2, -0.15) is 0 Å². The van der Waals surface area contributed by atoms with E-state index in [1.165, 1.54) is 4.68 Å². The molecule has 0 saturated heterocycles. The first-order chi connectivity index (χ1) is 9.51. The molecule has 1 amide bonds. The first kappa shape index (κ1) is 14.2. The lowest BCUT2D eigenvalue weighted by atomic mass is 9.99. The molecule has 0 spiro atoms. The van der Waals surface area contributed by atoms with Crippen molar-refractivity contribution in [2.24, 2.45) is 12.8 Å². The van der Waals surface area contributed by atoms with E-state index < -0.39 is 0 Å². The first-order valence-electron chi connectivity index (χ1n) is 6.45. The largest absolute Gasteiger partial charge is 0.346 e. The Balaban J connectivity index is 2.09. The van der Waals surface area contributed by atoms with Gasteiger partial charge in [0.05, 0.1) is 6.20 Å². The number of rotatable bonds is 4. The van der Waals surface area contributed by atoms with Crippen LogP contribution in [0.1, 0.15) is 32.7 Å². The molecule has 6 nitrogen and oxygen atoms in total. The molecule has 106 valence electrons. The molecule has 0 fully saturated rings. The van der Waals surface area contributed by atoms with Gasteiger partial charge in [-0.3, -0.25) is 9.48 Å². The summed E-state index contributed by atoms with van der Waals surface area (Å²) in [5, 5.41) is 10.4. The summed E-state index contributed by atoms with van der Waals surface area (Å²) in [5.74, 6) is -0.222. The standard InChI is InChI=1S/C14H19N5O/c1-9-4-11(6-15)5-10(2)12(9)7-16-14(20)13-8-19(3)18-17-13/h4-5,8H,6-7,15H2,1-3H3,(H,16,20). The van der Waals surface area contributed by atoms with Gasteiger partial charge in [0.15, 0.2) is 5.69 Å². The number of amides is 1. The van der Waals surface area contributed by atoms with Gasteiger partial charge in [-0.25, -0.2) is 0 Å². The second-order valence-corrected chi connectivity index (χ2v) is 4.87. The Hall–Kier alpha value is -2.21. The molecular formula is C14H19N5O. The Bertz CT molecular complexity index is 609. The van der Waals surface area contributed by atoms with E-state index in [9.17, 15) is 4.79 Å². The Morgan fingerprint density at radius 2 is 2.00 bits per heavy atom. The number of nitrogens with zero attached hydrogens (tertiary/aromatic N) is 3. The van der Waals surface area contributed by atoms with Crippen LogP contribution in [-0.4, -0.2) is 20.9 Å². The molecule has 3 N–H and O–H groups in total. The highest BCUT2D eigenvalue weighted by molar-refractivity contribution is 5.91. The summed E-state index contributed by atoms with van der Waals surface area (Å²) in [5.41, 5.74) is 10.4. The maximum Gasteiger partial charge on any atom is 0.273 e. The van der Waals surface area contributed by atoms with Crippen molar-refractivity contribution >= 4 is 5.91 Å². The van der Waals surface area contributed by atoms with E-state index in [0.717, 1.165) is 22.3 Å². The molecule has 0 aliphatic heterocycles. The van der Waals surface area contributed by atoms with Crippen molar-refractivity contribution in [3.05, 3.63) is 46.3 Å². The van der Waals surface area contributed by atoms with Crippen LogP contribution >= 0.6 is 0 Å². The smallest absolute Gasteiger partial charge is 0.273 e. The molecule has 0 unspecified atom stereocenters. The molecule has 0 atom stereocenters.